The summed E-state index contributed by atoms with van der Waals surface area (Å²) < 4.78 is 15.0. The molecule has 1 aromatic carbocycles. The molecule has 5 heteroatoms. The molecule has 26 heavy (non-hydrogen) atoms. The molecule has 0 radical (unpaired) electrons. The van der Waals surface area contributed by atoms with Crippen molar-refractivity contribution in [3.05, 3.63) is 64.2 Å². The highest BCUT2D eigenvalue weighted by Crippen LogP contribution is 2.32. The fraction of sp³-hybridized carbons (Fsp3) is 0.286. The second-order valence-corrected chi connectivity index (χ2v) is 7.31. The monoisotopic (exact) mass is 479 g/mol. The van der Waals surface area contributed by atoms with Crippen LogP contribution in [0.5, 0.6) is 5.75 Å². The van der Waals surface area contributed by atoms with E-state index in [1.54, 1.807) is 7.11 Å². The second-order valence-electron chi connectivity index (χ2n) is 6.24. The largest absolute Gasteiger partial charge is 1.00 e. The summed E-state index contributed by atoms with van der Waals surface area (Å²) in [5, 5.41) is 1.25. The molecular weight excluding hydrogens is 457 g/mol. The van der Waals surface area contributed by atoms with Gasteiger partial charge in [-0.15, -0.1) is 0 Å². The van der Waals surface area contributed by atoms with E-state index in [9.17, 15) is 0 Å². The van der Waals surface area contributed by atoms with Gasteiger partial charge in [0.15, 0.2) is 0 Å². The number of nitrogens with zero attached hydrogens (tertiary/aromatic N) is 1. The van der Waals surface area contributed by atoms with Gasteiger partial charge in [-0.2, -0.15) is 4.57 Å². The maximum Gasteiger partial charge on any atom is 0.263 e. The standard InChI is InChI=1S/C21H22NO2S.HI/c1-4-22-18-12-16(23-3)9-10-20(18)25-21(22)11-15-13-24-19-8-6-5-7-17(19)14(15)2;/h5-12,19H,4,13H2,1-3H3;1H/q+1;/p-1. The predicted molar refractivity (Wildman–Crippen MR) is 103 cm³/mol. The molecule has 0 saturated carbocycles. The first-order chi connectivity index (χ1) is 12.2. The van der Waals surface area contributed by atoms with Crippen molar-refractivity contribution in [1.82, 2.24) is 0 Å². The van der Waals surface area contributed by atoms with E-state index in [1.807, 2.05) is 17.4 Å². The number of aryl methyl sites for hydroxylation is 1. The molecule has 0 bridgehead atoms. The summed E-state index contributed by atoms with van der Waals surface area (Å²) in [5.74, 6) is 0.896. The van der Waals surface area contributed by atoms with Crippen LogP contribution >= 0.6 is 11.3 Å². The van der Waals surface area contributed by atoms with E-state index >= 15 is 0 Å². The Morgan fingerprint density at radius 1 is 1.35 bits per heavy atom. The van der Waals surface area contributed by atoms with E-state index in [-0.39, 0.29) is 30.1 Å². The van der Waals surface area contributed by atoms with Crippen molar-refractivity contribution in [2.75, 3.05) is 13.7 Å². The number of hydrogen-bond donors (Lipinski definition) is 0. The van der Waals surface area contributed by atoms with Crippen LogP contribution in [0.3, 0.4) is 0 Å². The summed E-state index contributed by atoms with van der Waals surface area (Å²) in [6.07, 6.45) is 10.8. The summed E-state index contributed by atoms with van der Waals surface area (Å²) >= 11 is 1.81. The number of benzene rings is 1. The number of thiazole rings is 1. The molecule has 2 aromatic rings. The molecule has 1 atom stereocenters. The van der Waals surface area contributed by atoms with Crippen molar-refractivity contribution in [3.63, 3.8) is 0 Å². The van der Waals surface area contributed by atoms with Crippen LogP contribution in [0.25, 0.3) is 16.3 Å². The Labute approximate surface area is 175 Å². The third kappa shape index (κ3) is 3.40. The predicted octanol–water partition coefficient (Wildman–Crippen LogP) is 1.45. The van der Waals surface area contributed by atoms with Crippen LogP contribution in [0.15, 0.2) is 59.2 Å². The molecule has 1 aliphatic heterocycles. The van der Waals surface area contributed by atoms with E-state index in [2.05, 4.69) is 60.9 Å². The van der Waals surface area contributed by atoms with Crippen LogP contribution in [0.2, 0.25) is 0 Å². The zero-order valence-electron chi connectivity index (χ0n) is 15.2. The maximum absolute atomic E-state index is 6.03. The van der Waals surface area contributed by atoms with E-state index in [1.165, 1.54) is 31.9 Å². The first-order valence-corrected chi connectivity index (χ1v) is 9.41. The SMILES string of the molecule is CC[n+]1c(C=C2COC3C=CC=CC3=C2C)sc2ccc(OC)cc21.[I-]. The number of allylic oxidation sites excluding steroid dienone is 2. The first-order valence-electron chi connectivity index (χ1n) is 8.60. The van der Waals surface area contributed by atoms with E-state index in [4.69, 9.17) is 9.47 Å². The normalized spacial score (nSPS) is 20.4. The van der Waals surface area contributed by atoms with Gasteiger partial charge in [-0.05, 0) is 42.7 Å². The number of methoxy groups -OCH3 is 1. The highest BCUT2D eigenvalue weighted by molar-refractivity contribution is 7.18. The third-order valence-electron chi connectivity index (χ3n) is 4.86. The minimum Gasteiger partial charge on any atom is -1.00 e. The van der Waals surface area contributed by atoms with Crippen LogP contribution in [0.4, 0.5) is 0 Å². The van der Waals surface area contributed by atoms with Gasteiger partial charge in [-0.1, -0.05) is 35.6 Å². The Kier molecular flexibility index (Phi) is 5.99. The molecule has 3 nitrogen and oxygen atoms in total. The Morgan fingerprint density at radius 2 is 2.19 bits per heavy atom. The highest BCUT2D eigenvalue weighted by atomic mass is 127. The second kappa shape index (κ2) is 8.06. The molecule has 1 unspecified atom stereocenters. The van der Waals surface area contributed by atoms with Crippen molar-refractivity contribution < 1.29 is 38.0 Å². The van der Waals surface area contributed by atoms with Crippen LogP contribution in [-0.2, 0) is 11.3 Å². The van der Waals surface area contributed by atoms with Crippen LogP contribution in [0, 0.1) is 0 Å². The van der Waals surface area contributed by atoms with Gasteiger partial charge in [0.2, 0.25) is 5.52 Å². The van der Waals surface area contributed by atoms with E-state index in [0.29, 0.717) is 6.61 Å². The smallest absolute Gasteiger partial charge is 0.263 e. The number of ether oxygens (including phenoxy) is 2. The molecule has 1 aromatic heterocycles. The molecule has 136 valence electrons. The van der Waals surface area contributed by atoms with Crippen molar-refractivity contribution in [2.45, 2.75) is 26.5 Å². The van der Waals surface area contributed by atoms with Crippen molar-refractivity contribution in [2.24, 2.45) is 0 Å². The summed E-state index contributed by atoms with van der Waals surface area (Å²) in [5.41, 5.74) is 5.08. The number of aromatic nitrogens is 1. The van der Waals surface area contributed by atoms with E-state index in [0.717, 1.165) is 12.3 Å². The maximum atomic E-state index is 6.03. The Morgan fingerprint density at radius 3 is 2.96 bits per heavy atom. The van der Waals surface area contributed by atoms with Crippen LogP contribution in [0.1, 0.15) is 18.9 Å². The summed E-state index contributed by atoms with van der Waals surface area (Å²) in [4.78, 5) is 0. The van der Waals surface area contributed by atoms with Gasteiger partial charge in [0, 0.05) is 6.08 Å². The minimum absolute atomic E-state index is 0. The molecule has 0 fully saturated rings. The molecule has 2 heterocycles. The van der Waals surface area contributed by atoms with Gasteiger partial charge in [-0.3, -0.25) is 0 Å². The lowest BCUT2D eigenvalue weighted by Crippen LogP contribution is -3.00. The number of fused-ring (bicyclic) bond motifs is 2. The molecule has 0 N–H and O–H groups in total. The molecular formula is C21H22INO2S. The quantitative estimate of drug-likeness (QED) is 0.492. The van der Waals surface area contributed by atoms with Crippen LogP contribution in [-0.4, -0.2) is 19.8 Å². The minimum atomic E-state index is 0. The number of halogens is 1. The Hall–Kier alpha value is -1.44. The highest BCUT2D eigenvalue weighted by Gasteiger charge is 2.25. The molecule has 0 amide bonds. The van der Waals surface area contributed by atoms with Crippen molar-refractivity contribution in [1.29, 1.82) is 0 Å². The molecule has 1 aliphatic carbocycles. The molecule has 0 saturated heterocycles. The average molecular weight is 479 g/mol. The van der Waals surface area contributed by atoms with Gasteiger partial charge < -0.3 is 33.5 Å². The lowest BCUT2D eigenvalue weighted by Gasteiger charge is -2.27. The van der Waals surface area contributed by atoms with Crippen LogP contribution < -0.4 is 33.3 Å². The van der Waals surface area contributed by atoms with Gasteiger partial charge in [0.1, 0.15) is 23.1 Å². The molecule has 4 rings (SSSR count). The Balaban J connectivity index is 0.00000196. The molecule has 2 aliphatic rings. The van der Waals surface area contributed by atoms with Crippen molar-refractivity contribution in [3.8, 4) is 5.75 Å². The summed E-state index contributed by atoms with van der Waals surface area (Å²) in [7, 11) is 1.71. The van der Waals surface area contributed by atoms with E-state index < -0.39 is 0 Å². The van der Waals surface area contributed by atoms with Gasteiger partial charge in [0.25, 0.3) is 5.01 Å². The van der Waals surface area contributed by atoms with Gasteiger partial charge >= 0.3 is 0 Å². The zero-order chi connectivity index (χ0) is 17.4. The fourth-order valence-electron chi connectivity index (χ4n) is 3.42. The van der Waals surface area contributed by atoms with Gasteiger partial charge in [0.05, 0.1) is 19.8 Å². The zero-order valence-corrected chi connectivity index (χ0v) is 18.1. The Bertz CT molecular complexity index is 952. The van der Waals surface area contributed by atoms with Gasteiger partial charge in [-0.25, -0.2) is 0 Å². The third-order valence-corrected chi connectivity index (χ3v) is 5.98. The summed E-state index contributed by atoms with van der Waals surface area (Å²) in [6.45, 7) is 5.96. The topological polar surface area (TPSA) is 22.3 Å². The lowest BCUT2D eigenvalue weighted by molar-refractivity contribution is -0.665. The fourth-order valence-corrected chi connectivity index (χ4v) is 4.59. The number of hydrogen-bond acceptors (Lipinski definition) is 3. The summed E-state index contributed by atoms with van der Waals surface area (Å²) in [6, 6.07) is 6.28. The average Bonchev–Trinajstić information content (AvgIpc) is 3.00. The molecule has 0 spiro atoms. The first kappa shape index (κ1) is 19.3. The lowest BCUT2D eigenvalue weighted by atomic mass is 9.92. The van der Waals surface area contributed by atoms with Crippen molar-refractivity contribution >= 4 is 27.6 Å². The number of rotatable bonds is 3.